The second-order valence-corrected chi connectivity index (χ2v) is 18.7. The maximum absolute atomic E-state index is 7.44. The van der Waals surface area contributed by atoms with Crippen LogP contribution in [0.5, 0.6) is 0 Å². The van der Waals surface area contributed by atoms with Crippen LogP contribution in [0.4, 0.5) is 0 Å². The molecule has 2 saturated heterocycles. The summed E-state index contributed by atoms with van der Waals surface area (Å²) in [5, 5.41) is 2.62. The Morgan fingerprint density at radius 3 is 0.696 bits per heavy atom. The maximum Gasteiger partial charge on any atom is 0 e. The molecule has 733 valence electrons. The van der Waals surface area contributed by atoms with Gasteiger partial charge in [0.1, 0.15) is 0 Å². The SMILES string of the molecule is CC.CC.CC.CC.CC.CC.CC.CC.CC.CC.CC.CC.CC.CN1CCCCC1.CN1CCCCCC1.[CH-]=CCC[CH2-].[CH-]=NCC[CH2-].[CH2-]CCCC[CH2-].[CH2-]CCC[CH2-].[CH2-]CCC[CH2-].[CH2-]CC[CH2-].[CH2-]CC[CH2-].[CH2-]CC[CH2-].[CH2-]CCc1[c-]cccc1.[CH2-]CN=[N-].[CH2-]C[CH2-].[CH2-]Cc1[c-]cccc1.[CH2-]Cc1ccccc1[CH2-].[Y].[Y].[Y].[Y].[Y].[Y].[Y].[Y].[Y].[Y].[Y].[Y].[Y]. The summed E-state index contributed by atoms with van der Waals surface area (Å²) >= 11 is 0. The number of benzene rings is 3. The van der Waals surface area contributed by atoms with Gasteiger partial charge in [0.25, 0.3) is 0 Å². The van der Waals surface area contributed by atoms with Crippen LogP contribution in [0.25, 0.3) is 5.53 Å². The largest absolute Gasteiger partial charge is 0.715 e. The van der Waals surface area contributed by atoms with Crippen LogP contribution in [0.3, 0.4) is 0 Å². The van der Waals surface area contributed by atoms with Crippen LogP contribution >= 0.6 is 0 Å². The fourth-order valence-electron chi connectivity index (χ4n) is 5.36. The van der Waals surface area contributed by atoms with Crippen molar-refractivity contribution in [3.63, 3.8) is 0 Å². The summed E-state index contributed by atoms with van der Waals surface area (Å²) in [7, 11) is 4.41. The van der Waals surface area contributed by atoms with E-state index in [9.17, 15) is 0 Å². The summed E-state index contributed by atoms with van der Waals surface area (Å²) in [5.74, 6) is 0. The number of hydrogen-bond donors (Lipinski definition) is 0. The van der Waals surface area contributed by atoms with Gasteiger partial charge in [-0.1, -0.05) is 231 Å². The van der Waals surface area contributed by atoms with Crippen molar-refractivity contribution in [2.24, 2.45) is 10.1 Å². The minimum Gasteiger partial charge on any atom is -0.715 e. The molecule has 125 heavy (non-hydrogen) atoms. The molecule has 2 aliphatic rings. The van der Waals surface area contributed by atoms with E-state index >= 15 is 0 Å². The molecule has 0 N–H and O–H groups in total. The van der Waals surface area contributed by atoms with Gasteiger partial charge >= 0.3 is 0 Å². The number of allylic oxidation sites excluding steroid dienone is 1. The van der Waals surface area contributed by atoms with Gasteiger partial charge in [-0.3, -0.25) is 6.08 Å². The third-order valence-electron chi connectivity index (χ3n) is 10.3. The number of rotatable bonds is 19. The average molecular weight is 2730 g/mol. The number of aryl methyl sites for hydroxylation is 1. The number of aliphatic imine (C=N–C) groups is 1. The van der Waals surface area contributed by atoms with Crippen molar-refractivity contribution in [3.8, 4) is 0 Å². The normalized spacial score (nSPS) is 8.35. The number of piperidine rings is 1. The van der Waals surface area contributed by atoms with Crippen molar-refractivity contribution in [2.75, 3.05) is 53.4 Å². The van der Waals surface area contributed by atoms with E-state index in [1.54, 1.807) is 6.08 Å². The van der Waals surface area contributed by atoms with Gasteiger partial charge in [0.05, 0.1) is 0 Å². The van der Waals surface area contributed by atoms with Crippen LogP contribution in [0.1, 0.15) is 382 Å². The molecule has 0 bridgehead atoms. The van der Waals surface area contributed by atoms with Crippen molar-refractivity contribution in [3.05, 3.63) is 271 Å². The van der Waals surface area contributed by atoms with E-state index in [1.165, 1.54) is 113 Å². The molecule has 3 aromatic carbocycles. The molecule has 0 saturated carbocycles. The van der Waals surface area contributed by atoms with Crippen molar-refractivity contribution < 1.29 is 425 Å². The first-order valence-electron chi connectivity index (χ1n) is 44.9. The summed E-state index contributed by atoms with van der Waals surface area (Å²) in [5.41, 5.74) is 12.2. The molecule has 2 fully saturated rings. The molecule has 0 spiro atoms. The second-order valence-electron chi connectivity index (χ2n) is 18.7. The summed E-state index contributed by atoms with van der Waals surface area (Å²) in [6.07, 6.45) is 35.5. The Morgan fingerprint density at radius 1 is 0.328 bits per heavy atom. The van der Waals surface area contributed by atoms with Gasteiger partial charge in [-0.25, -0.2) is 44.9 Å². The Morgan fingerprint density at radius 2 is 0.568 bits per heavy atom. The molecule has 0 atom stereocenters. The molecule has 2 aliphatic heterocycles. The topological polar surface area (TPSA) is 53.5 Å². The van der Waals surface area contributed by atoms with Crippen molar-refractivity contribution in [1.82, 2.24) is 9.80 Å². The molecule has 18 heteroatoms. The molecule has 0 unspecified atom stereocenters. The van der Waals surface area contributed by atoms with Gasteiger partial charge < -0.3 is 184 Å². The van der Waals surface area contributed by atoms with Crippen LogP contribution in [-0.2, 0) is 444 Å². The second kappa shape index (κ2) is 352. The van der Waals surface area contributed by atoms with Gasteiger partial charge in [-0.15, -0.1) is 31.5 Å². The number of unbranched alkanes of at least 4 members (excludes halogenated alkanes) is 11. The molecular weight excluding hydrogens is 2510 g/mol. The van der Waals surface area contributed by atoms with E-state index in [2.05, 4.69) is 204 Å². The first kappa shape index (κ1) is 248. The quantitative estimate of drug-likeness (QED) is 0.0520. The van der Waals surface area contributed by atoms with Crippen LogP contribution in [0.15, 0.2) is 89.0 Å². The summed E-state index contributed by atoms with van der Waals surface area (Å²) in [6, 6.07) is 30.1. The van der Waals surface area contributed by atoms with E-state index in [1.807, 2.05) is 241 Å². The zero-order chi connectivity index (χ0) is 93.6. The maximum atomic E-state index is 7.44. The van der Waals surface area contributed by atoms with Gasteiger partial charge in [0.2, 0.25) is 0 Å². The Kier molecular flexibility index (Phi) is 698. The molecule has 2 heterocycles. The van der Waals surface area contributed by atoms with Crippen molar-refractivity contribution in [2.45, 2.75) is 379 Å². The molecule has 0 aromatic heterocycles. The molecule has 0 aliphatic carbocycles. The number of hydrogen-bond acceptors (Lipinski definition) is 4. The smallest absolute Gasteiger partial charge is 0 e. The van der Waals surface area contributed by atoms with Crippen LogP contribution in [0, 0.1) is 164 Å². The van der Waals surface area contributed by atoms with E-state index in [4.69, 9.17) is 18.8 Å². The predicted molar refractivity (Wildman–Crippen MR) is 544 cm³/mol. The third kappa shape index (κ3) is 403. The monoisotopic (exact) mass is 2730 g/mol. The van der Waals surface area contributed by atoms with Gasteiger partial charge in [0.15, 0.2) is 0 Å². The third-order valence-corrected chi connectivity index (χ3v) is 10.3. The first-order valence-corrected chi connectivity index (χ1v) is 44.9. The Balaban J connectivity index is -0.0000000196. The standard InChI is InChI=1S/2C9H10.C8H8.C7H15N.C6H13N.C6H12.2C5H10.C5H8.C4H7N.3C4H8.C3H6.C2H4N2.13C2H6.13Y/c1-3-9-7-5-4-6-8(9)2;1-2-6-9-7-4-3-5-8-9;1-2-8-6-4-3-5-7-8;1-8-6-4-2-3-5-7-8;1-7-5-3-2-4-6-7;1-3-5-6-4-2;3*1-3-5-4-2;1-3-4-5-2;3*1-3-4-2;1-3-2;1-2-4-3;13*1-2;;;;;;;;;;;;;/h4-7H,1-3H2;3-5,7H,1-2,6H2;3-6H,1-2H2;2-7H2,1H3;2-6H2,1H3;1-6H2;2*1-5H2;1,3H,2,4-5H2;2H,1,3-4H2;3*1-4H2;1-3H2;1-2H2;13*1-2H3;;;;;;;;;;;;;/q3*-2;;;10*-2;;;;;;;;;;;;;;;;;;;;;;;;;;. The number of nitrogens with zero attached hydrogens (tertiary/aromatic N) is 5. The minimum atomic E-state index is 0. The first-order chi connectivity index (χ1) is 54.6. The fraction of sp³-hybridized carbons (Fsp3) is 0.607. The van der Waals surface area contributed by atoms with E-state index in [-0.39, 0.29) is 432 Å². The zero-order valence-corrected chi connectivity index (χ0v) is 127. The zero-order valence-electron chi connectivity index (χ0n) is 90.4. The summed E-state index contributed by atoms with van der Waals surface area (Å²) in [4.78, 5) is 8.11. The Labute approximate surface area is 1130 Å². The molecule has 13 radical (unpaired) electrons. The van der Waals surface area contributed by atoms with Crippen LogP contribution < -0.4 is 0 Å². The fourth-order valence-corrected chi connectivity index (χ4v) is 5.36. The van der Waals surface area contributed by atoms with E-state index in [0.717, 1.165) is 134 Å². The average Bonchev–Trinajstić information content (AvgIpc) is 1.25. The molecule has 5 nitrogen and oxygen atoms in total. The van der Waals surface area contributed by atoms with E-state index < -0.39 is 0 Å². The minimum absolute atomic E-state index is 0. The van der Waals surface area contributed by atoms with Crippen LogP contribution in [-0.4, -0.2) is 69.9 Å². The Hall–Kier alpha value is 10.8. The van der Waals surface area contributed by atoms with Crippen LogP contribution in [0.2, 0.25) is 0 Å². The summed E-state index contributed by atoms with van der Waals surface area (Å²) < 4.78 is 0. The predicted octanol–water partition coefficient (Wildman–Crippen LogP) is 36.7. The molecule has 0 amide bonds. The van der Waals surface area contributed by atoms with E-state index in [0.29, 0.717) is 6.54 Å². The number of likely N-dealkylation sites (tertiary alicyclic amines) is 2. The molecule has 5 rings (SSSR count). The Bertz CT molecular complexity index is 1470. The van der Waals surface area contributed by atoms with Crippen molar-refractivity contribution >= 4 is 6.72 Å². The van der Waals surface area contributed by atoms with Gasteiger partial charge in [-0.05, 0) is 72.5 Å². The van der Waals surface area contributed by atoms with Crippen molar-refractivity contribution in [1.29, 1.82) is 0 Å². The summed E-state index contributed by atoms with van der Waals surface area (Å²) in [6.45, 7) is 143. The van der Waals surface area contributed by atoms with Gasteiger partial charge in [0, 0.05) is 425 Å². The molecule has 3 aromatic rings. The molecular formula is C107H215N5Y13-26. The van der Waals surface area contributed by atoms with Gasteiger partial charge in [-0.2, -0.15) is 160 Å².